The molecule has 12 aromatic rings. The van der Waals surface area contributed by atoms with Crippen LogP contribution in [0.1, 0.15) is 81.0 Å². The quantitative estimate of drug-likeness (QED) is 0.0247. The highest BCUT2D eigenvalue weighted by atomic mass is 79.9. The molecule has 6 aliphatic rings. The van der Waals surface area contributed by atoms with Crippen molar-refractivity contribution in [1.29, 1.82) is 0 Å². The van der Waals surface area contributed by atoms with Crippen molar-refractivity contribution in [3.05, 3.63) is 238 Å². The van der Waals surface area contributed by atoms with Crippen LogP contribution in [0.2, 0.25) is 0 Å². The predicted octanol–water partition coefficient (Wildman–Crippen LogP) is 9.33. The first-order chi connectivity index (χ1) is 61.4. The molecule has 680 valence electrons. The van der Waals surface area contributed by atoms with Gasteiger partial charge in [-0.2, -0.15) is 27.0 Å². The Labute approximate surface area is 759 Å². The van der Waals surface area contributed by atoms with Gasteiger partial charge in [-0.15, -0.1) is 0 Å². The fourth-order valence-electron chi connectivity index (χ4n) is 15.1. The smallest absolute Gasteiger partial charge is 0.390 e. The summed E-state index contributed by atoms with van der Waals surface area (Å²) in [5, 5.41) is 65.0. The van der Waals surface area contributed by atoms with Gasteiger partial charge in [-0.1, -0.05) is 125 Å². The SMILES string of the molecule is O=C(c1ccccc1)N1C/C=C/CCc2ncnc3c2ncn3[C@@H]2O[C@H](CO)[C@@H](OP([O-])(=S)OC[C@H]3OC([C@H](F)[C@@H]3O)n3cnc4c1ncnc43)[C@H]2F.O=C(c1ccccc1)N1C/C=C/CCc2ncnc3c2ncn3[C@@H]2O[C@H](CO)[C@@H](O[P@@](=O)(SCc3ccccc3[N+](=O)[O-])OC[C@H]3OC([C@H](F)[C@@H]3O)n3cnc4c1ncnc43)[C@H]2F.O=[N+]([O-])c1ccccc1CBr.S.S. The van der Waals surface area contributed by atoms with Crippen molar-refractivity contribution in [2.45, 2.75) is 135 Å². The molecule has 18 atom stereocenters. The summed E-state index contributed by atoms with van der Waals surface area (Å²) in [6.45, 7) is -12.1. The molecule has 8 aromatic heterocycles. The molecule has 3 unspecified atom stereocenters. The first kappa shape index (κ1) is 95.0. The number of rotatable bonds is 10. The van der Waals surface area contributed by atoms with Crippen LogP contribution in [-0.4, -0.2) is 233 Å². The van der Waals surface area contributed by atoms with Crippen LogP contribution in [0, 0.1) is 20.2 Å². The molecule has 40 nitrogen and oxygen atoms in total. The number of aromatic nitrogens is 16. The van der Waals surface area contributed by atoms with Gasteiger partial charge in [0.25, 0.3) is 23.2 Å². The zero-order valence-corrected chi connectivity index (χ0v) is 73.9. The Bertz CT molecular complexity index is 6200. The zero-order chi connectivity index (χ0) is 89.0. The second-order valence-corrected chi connectivity index (χ2v) is 36.4. The summed E-state index contributed by atoms with van der Waals surface area (Å²) in [6, 6.07) is 29.4. The number of aliphatic hydroxyl groups is 4. The van der Waals surface area contributed by atoms with Crippen LogP contribution in [-0.2, 0) is 77.3 Å². The van der Waals surface area contributed by atoms with Crippen molar-refractivity contribution in [3.8, 4) is 0 Å². The van der Waals surface area contributed by atoms with Gasteiger partial charge in [0, 0.05) is 58.6 Å². The minimum Gasteiger partial charge on any atom is -0.780 e. The van der Waals surface area contributed by atoms with E-state index in [1.54, 1.807) is 91.0 Å². The number of fused-ring (bicyclic) bond motifs is 12. The van der Waals surface area contributed by atoms with Crippen molar-refractivity contribution in [2.75, 3.05) is 49.3 Å². The summed E-state index contributed by atoms with van der Waals surface area (Å²) < 4.78 is 130. The van der Waals surface area contributed by atoms with Crippen LogP contribution in [0.4, 0.5) is 40.6 Å². The Morgan fingerprint density at radius 2 is 0.884 bits per heavy atom. The van der Waals surface area contributed by atoms with Gasteiger partial charge in [-0.3, -0.25) is 66.9 Å². The number of anilines is 2. The Morgan fingerprint density at radius 1 is 0.504 bits per heavy atom. The second-order valence-electron chi connectivity index (χ2n) is 29.1. The Balaban J connectivity index is 0.000000185. The Hall–Kier alpha value is -10.1. The summed E-state index contributed by atoms with van der Waals surface area (Å²) in [7, 11) is 0. The van der Waals surface area contributed by atoms with Crippen LogP contribution < -0.4 is 14.7 Å². The molecule has 18 rings (SSSR count). The van der Waals surface area contributed by atoms with Crippen molar-refractivity contribution < 1.29 is 104 Å². The number of halogens is 5. The summed E-state index contributed by atoms with van der Waals surface area (Å²) in [6.07, 6.45) is -7.98. The largest absolute Gasteiger partial charge is 0.780 e. The van der Waals surface area contributed by atoms with Crippen LogP contribution in [0.25, 0.3) is 44.7 Å². The molecule has 2 amide bonds. The monoisotopic (exact) mass is 1960 g/mol. The van der Waals surface area contributed by atoms with E-state index in [9.17, 15) is 59.7 Å². The average molecular weight is 1960 g/mol. The van der Waals surface area contributed by atoms with Gasteiger partial charge in [-0.05, 0) is 61.3 Å². The van der Waals surface area contributed by atoms with Gasteiger partial charge in [0.15, 0.2) is 94.9 Å². The first-order valence-corrected chi connectivity index (χ1v) is 46.0. The molecule has 0 radical (unpaired) electrons. The van der Waals surface area contributed by atoms with E-state index in [2.05, 4.69) is 75.7 Å². The van der Waals surface area contributed by atoms with Crippen LogP contribution in [0.3, 0.4) is 0 Å². The van der Waals surface area contributed by atoms with Crippen LogP contribution in [0.5, 0.6) is 0 Å². The van der Waals surface area contributed by atoms with E-state index in [-0.39, 0.29) is 119 Å². The molecule has 14 heterocycles. The number of aliphatic hydroxyl groups excluding tert-OH is 4. The van der Waals surface area contributed by atoms with E-state index in [4.69, 9.17) is 48.8 Å². The number of carbonyl (C=O) groups is 2. The number of hydrogen-bond donors (Lipinski definition) is 4. The molecule has 4 saturated heterocycles. The molecule has 4 N–H and O–H groups in total. The summed E-state index contributed by atoms with van der Waals surface area (Å²) >= 11 is 8.70. The maximum Gasteiger partial charge on any atom is 0.390 e. The molecule has 51 heteroatoms. The van der Waals surface area contributed by atoms with E-state index in [1.165, 1.54) is 109 Å². The number of ether oxygens (including phenoxy) is 4. The van der Waals surface area contributed by atoms with Crippen molar-refractivity contribution in [3.63, 3.8) is 0 Å². The van der Waals surface area contributed by atoms with E-state index in [0.29, 0.717) is 81.5 Å². The first-order valence-electron chi connectivity index (χ1n) is 39.1. The molecule has 129 heavy (non-hydrogen) atoms. The number of hydrogen-bond acceptors (Lipinski definition) is 34. The number of carbonyl (C=O) groups excluding carboxylic acids is 2. The fourth-order valence-corrected chi connectivity index (χ4v) is 20.3. The third-order valence-corrected chi connectivity index (χ3v) is 27.1. The molecule has 4 aromatic carbocycles. The van der Waals surface area contributed by atoms with Crippen molar-refractivity contribution in [1.82, 2.24) is 78.1 Å². The average Bonchev–Trinajstić information content (AvgIpc) is 1.63. The highest BCUT2D eigenvalue weighted by Gasteiger charge is 2.54. The minimum atomic E-state index is -4.69. The number of nitro groups is 2. The fraction of sp³-hybridized carbons (Fsp3) is 0.359. The lowest BCUT2D eigenvalue weighted by Gasteiger charge is -2.33. The Morgan fingerprint density at radius 3 is 1.31 bits per heavy atom. The normalized spacial score (nSPS) is 27.7. The summed E-state index contributed by atoms with van der Waals surface area (Å²) in [5.74, 6) is -0.870. The maximum atomic E-state index is 16.7. The van der Waals surface area contributed by atoms with E-state index in [1.807, 2.05) is 12.2 Å². The van der Waals surface area contributed by atoms with Crippen molar-refractivity contribution >= 4 is 159 Å². The highest BCUT2D eigenvalue weighted by Crippen LogP contribution is 2.65. The number of alkyl halides is 5. The molecular weight excluding hydrogens is 1880 g/mol. The Kier molecular flexibility index (Phi) is 30.6. The van der Waals surface area contributed by atoms with Gasteiger partial charge in [-0.25, -0.2) is 81.9 Å². The lowest BCUT2D eigenvalue weighted by Crippen LogP contribution is -2.36. The van der Waals surface area contributed by atoms with Gasteiger partial charge in [0.1, 0.15) is 91.9 Å². The van der Waals surface area contributed by atoms with E-state index >= 15 is 17.6 Å². The molecule has 4 fully saturated rings. The van der Waals surface area contributed by atoms with Gasteiger partial charge in [0.05, 0.1) is 73.0 Å². The topological polar surface area (TPSA) is 496 Å². The molecule has 0 saturated carbocycles. The number of aryl methyl sites for hydroxylation is 2. The minimum absolute atomic E-state index is 0. The third-order valence-electron chi connectivity index (χ3n) is 21.4. The summed E-state index contributed by atoms with van der Waals surface area (Å²) in [4.78, 5) is 118. The third kappa shape index (κ3) is 19.9. The maximum absolute atomic E-state index is 16.7. The van der Waals surface area contributed by atoms with Crippen LogP contribution >= 0.6 is 67.8 Å². The van der Waals surface area contributed by atoms with Crippen molar-refractivity contribution in [2.24, 2.45) is 0 Å². The lowest BCUT2D eigenvalue weighted by atomic mass is 10.1. The molecule has 0 aliphatic carbocycles. The van der Waals surface area contributed by atoms with E-state index in [0.717, 1.165) is 0 Å². The molecule has 24 bridgehead atoms. The zero-order valence-electron chi connectivity index (χ0n) is 66.9. The highest BCUT2D eigenvalue weighted by molar-refractivity contribution is 9.08. The number of amides is 2. The number of allylic oxidation sites excluding steroid dienone is 2. The number of para-hydroxylation sites is 2. The number of nitrogens with zero attached hydrogens (tertiary/aromatic N) is 20. The van der Waals surface area contributed by atoms with Crippen LogP contribution in [0.15, 0.2) is 184 Å². The van der Waals surface area contributed by atoms with Gasteiger partial charge >= 0.3 is 6.80 Å². The van der Waals surface area contributed by atoms with Gasteiger partial charge in [0.2, 0.25) is 0 Å². The number of imidazole rings is 4. The number of benzene rings is 4. The number of nitro benzene ring substituents is 2. The molecular formula is C78H78BrF4N20O20P2S4-. The molecule has 6 aliphatic heterocycles. The van der Waals surface area contributed by atoms with Gasteiger partial charge < -0.3 is 53.3 Å². The van der Waals surface area contributed by atoms with E-state index < -0.39 is 149 Å². The standard InChI is InChI=1S/C39H37F2N10O10PS.C32H32F2N9O8PS.C7H6BrNO2.2H2S/c40-28-32(53)27-16-58-62(57,63-17-23-11-6-7-13-25(23)51(55)56)61-33-26(15-52)59-39(29(33)41)49-20-46-30-24(42-18-43-34(30)49)12-5-2-8-14-48(37(54)22-9-3-1-4-10-22)35-31-36(45-19-44-35)50(21-47-31)38(28)60-27;33-21-25(45)20-12-48-52(47,53)51-26-19(11-44)49-32(22(26)34)42-15-39-23-18(35-13-36-27(23)42)9-5-2-6-10-41(30(46)17-7-3-1-4-8-17)28-24-29(38-14-37-28)43(16-40-24)31(21)50-20;8-5-6-3-1-2-4-7(6)9(10)11;;/h1-4,6-11,13,18-21,26-29,32-33,38-39,52-53H,5,12,14-17H2;1-4,6-8,13-16,19-22,25-26,31-32,44-45H,5,9-12H2,(H,47,53);1-4H,5H2;2*1H2/p-1/b8-2+;6-2+;;;/t26-,27-,28-,29-,32-,33-,38?,39-,62+;19-,20-,21-,22-,25-,26-,31?,32-,52?;;;/m11.../s1. The lowest BCUT2D eigenvalue weighted by molar-refractivity contribution is -0.385. The summed E-state index contributed by atoms with van der Waals surface area (Å²) in [5.41, 5.74) is 4.14. The second kappa shape index (κ2) is 41.6. The predicted molar refractivity (Wildman–Crippen MR) is 468 cm³/mol. The molecule has 0 spiro atoms.